The van der Waals surface area contributed by atoms with Crippen LogP contribution in [0.25, 0.3) is 10.2 Å². The summed E-state index contributed by atoms with van der Waals surface area (Å²) in [5, 5.41) is 6.88. The first kappa shape index (κ1) is 13.2. The minimum absolute atomic E-state index is 0.793. The molecule has 0 saturated carbocycles. The van der Waals surface area contributed by atoms with E-state index < -0.39 is 0 Å². The number of anilines is 1. The molecule has 0 spiro atoms. The third kappa shape index (κ3) is 2.45. The summed E-state index contributed by atoms with van der Waals surface area (Å²) >= 11 is 3.63. The van der Waals surface area contributed by atoms with Crippen LogP contribution in [0.1, 0.15) is 28.7 Å². The van der Waals surface area contributed by atoms with Gasteiger partial charge >= 0.3 is 0 Å². The van der Waals surface area contributed by atoms with Crippen molar-refractivity contribution in [2.24, 2.45) is 5.92 Å². The van der Waals surface area contributed by atoms with Gasteiger partial charge in [-0.15, -0.1) is 22.7 Å². The van der Waals surface area contributed by atoms with Crippen LogP contribution in [0.15, 0.2) is 23.8 Å². The van der Waals surface area contributed by atoms with Gasteiger partial charge in [0.05, 0.1) is 11.9 Å². The second-order valence-electron chi connectivity index (χ2n) is 5.69. The van der Waals surface area contributed by atoms with Crippen molar-refractivity contribution in [1.29, 1.82) is 0 Å². The Morgan fingerprint density at radius 2 is 2.33 bits per heavy atom. The van der Waals surface area contributed by atoms with Gasteiger partial charge in [-0.25, -0.2) is 9.97 Å². The van der Waals surface area contributed by atoms with Gasteiger partial charge in [-0.2, -0.15) is 0 Å². The zero-order valence-electron chi connectivity index (χ0n) is 11.9. The Bertz CT molecular complexity index is 761. The van der Waals surface area contributed by atoms with Crippen molar-refractivity contribution < 1.29 is 0 Å². The summed E-state index contributed by atoms with van der Waals surface area (Å²) in [6, 6.07) is 4.24. The van der Waals surface area contributed by atoms with E-state index >= 15 is 0 Å². The number of nitrogens with zero attached hydrogens (tertiary/aromatic N) is 2. The van der Waals surface area contributed by atoms with Gasteiger partial charge in [0.2, 0.25) is 0 Å². The maximum Gasteiger partial charge on any atom is 0.138 e. The van der Waals surface area contributed by atoms with Crippen molar-refractivity contribution in [3.63, 3.8) is 0 Å². The van der Waals surface area contributed by atoms with Gasteiger partial charge in [0, 0.05) is 9.75 Å². The summed E-state index contributed by atoms with van der Waals surface area (Å²) in [6.45, 7) is 3.18. The summed E-state index contributed by atoms with van der Waals surface area (Å²) in [6.07, 6.45) is 5.32. The summed E-state index contributed by atoms with van der Waals surface area (Å²) in [4.78, 5) is 13.0. The van der Waals surface area contributed by atoms with Gasteiger partial charge in [0.15, 0.2) is 0 Å². The normalized spacial score (nSPS) is 17.9. The number of thiophene rings is 2. The molecule has 0 fully saturated rings. The lowest BCUT2D eigenvalue weighted by atomic mass is 9.89. The van der Waals surface area contributed by atoms with Gasteiger partial charge in [-0.3, -0.25) is 0 Å². The number of aromatic nitrogens is 2. The SMILES string of the molecule is C[C@H]1CCc2c(sc3ncnc(NCc4cccs4)c23)C1. The highest BCUT2D eigenvalue weighted by Crippen LogP contribution is 2.39. The summed E-state index contributed by atoms with van der Waals surface area (Å²) < 4.78 is 0. The number of aryl methyl sites for hydroxylation is 1. The lowest BCUT2D eigenvalue weighted by molar-refractivity contribution is 0.509. The first-order valence-corrected chi connectivity index (χ1v) is 9.02. The van der Waals surface area contributed by atoms with Crippen LogP contribution in [-0.4, -0.2) is 9.97 Å². The molecule has 21 heavy (non-hydrogen) atoms. The molecule has 4 rings (SSSR count). The van der Waals surface area contributed by atoms with Crippen LogP contribution in [-0.2, 0) is 19.4 Å². The Kier molecular flexibility index (Phi) is 3.39. The molecule has 0 saturated heterocycles. The fraction of sp³-hybridized carbons (Fsp3) is 0.375. The van der Waals surface area contributed by atoms with Crippen molar-refractivity contribution in [2.45, 2.75) is 32.7 Å². The maximum absolute atomic E-state index is 4.49. The van der Waals surface area contributed by atoms with Crippen LogP contribution >= 0.6 is 22.7 Å². The van der Waals surface area contributed by atoms with Gasteiger partial charge in [-0.05, 0) is 42.2 Å². The Hall–Kier alpha value is -1.46. The minimum atomic E-state index is 0.793. The Morgan fingerprint density at radius 3 is 3.19 bits per heavy atom. The van der Waals surface area contributed by atoms with Gasteiger partial charge in [0.1, 0.15) is 17.0 Å². The highest BCUT2D eigenvalue weighted by Gasteiger charge is 2.22. The zero-order chi connectivity index (χ0) is 14.2. The third-order valence-electron chi connectivity index (χ3n) is 4.10. The van der Waals surface area contributed by atoms with Crippen LogP contribution in [0.2, 0.25) is 0 Å². The standard InChI is InChI=1S/C16H17N3S2/c1-10-4-5-12-13(7-10)21-16-14(12)15(18-9-19-16)17-8-11-3-2-6-20-11/h2-3,6,9-10H,4-5,7-8H2,1H3,(H,17,18,19)/t10-/m0/s1. The van der Waals surface area contributed by atoms with Crippen LogP contribution in [0.4, 0.5) is 5.82 Å². The average molecular weight is 315 g/mol. The topological polar surface area (TPSA) is 37.8 Å². The molecule has 0 aromatic carbocycles. The smallest absolute Gasteiger partial charge is 0.138 e. The summed E-state index contributed by atoms with van der Waals surface area (Å²) in [5.41, 5.74) is 1.49. The fourth-order valence-corrected chi connectivity index (χ4v) is 4.99. The van der Waals surface area contributed by atoms with Crippen LogP contribution in [0.5, 0.6) is 0 Å². The van der Waals surface area contributed by atoms with E-state index in [-0.39, 0.29) is 0 Å². The molecule has 1 aliphatic carbocycles. The number of fused-ring (bicyclic) bond motifs is 3. The zero-order valence-corrected chi connectivity index (χ0v) is 13.6. The highest BCUT2D eigenvalue weighted by molar-refractivity contribution is 7.19. The third-order valence-corrected chi connectivity index (χ3v) is 6.14. The molecule has 3 aromatic heterocycles. The number of hydrogen-bond donors (Lipinski definition) is 1. The molecule has 3 nitrogen and oxygen atoms in total. The second kappa shape index (κ2) is 5.39. The first-order valence-electron chi connectivity index (χ1n) is 7.33. The molecule has 0 bridgehead atoms. The van der Waals surface area contributed by atoms with E-state index in [0.717, 1.165) is 29.5 Å². The molecule has 0 unspecified atom stereocenters. The number of hydrogen-bond acceptors (Lipinski definition) is 5. The largest absolute Gasteiger partial charge is 0.365 e. The first-order chi connectivity index (χ1) is 10.3. The molecule has 3 aromatic rings. The van der Waals surface area contributed by atoms with Crippen LogP contribution in [0, 0.1) is 5.92 Å². The van der Waals surface area contributed by atoms with Crippen LogP contribution in [0.3, 0.4) is 0 Å². The van der Waals surface area contributed by atoms with E-state index in [4.69, 9.17) is 0 Å². The van der Waals surface area contributed by atoms with E-state index in [9.17, 15) is 0 Å². The molecular weight excluding hydrogens is 298 g/mol. The lowest BCUT2D eigenvalue weighted by Gasteiger charge is -2.18. The van der Waals surface area contributed by atoms with Gasteiger partial charge in [0.25, 0.3) is 0 Å². The monoisotopic (exact) mass is 315 g/mol. The number of nitrogens with one attached hydrogen (secondary N) is 1. The highest BCUT2D eigenvalue weighted by atomic mass is 32.1. The lowest BCUT2D eigenvalue weighted by Crippen LogP contribution is -2.09. The minimum Gasteiger partial charge on any atom is -0.365 e. The van der Waals surface area contributed by atoms with Crippen molar-refractivity contribution >= 4 is 38.7 Å². The average Bonchev–Trinajstić information content (AvgIpc) is 3.11. The molecule has 5 heteroatoms. The molecule has 3 heterocycles. The maximum atomic E-state index is 4.49. The second-order valence-corrected chi connectivity index (χ2v) is 7.80. The molecule has 1 N–H and O–H groups in total. The molecule has 108 valence electrons. The molecule has 1 aliphatic rings. The van der Waals surface area contributed by atoms with E-state index in [0.29, 0.717) is 0 Å². The van der Waals surface area contributed by atoms with E-state index in [1.807, 2.05) is 11.3 Å². The molecule has 1 atom stereocenters. The molecular formula is C16H17N3S2. The van der Waals surface area contributed by atoms with Gasteiger partial charge < -0.3 is 5.32 Å². The van der Waals surface area contributed by atoms with E-state index in [1.54, 1.807) is 17.7 Å². The predicted molar refractivity (Wildman–Crippen MR) is 90.2 cm³/mol. The van der Waals surface area contributed by atoms with Crippen molar-refractivity contribution in [3.05, 3.63) is 39.2 Å². The van der Waals surface area contributed by atoms with Crippen molar-refractivity contribution in [2.75, 3.05) is 5.32 Å². The van der Waals surface area contributed by atoms with E-state index in [2.05, 4.69) is 39.7 Å². The van der Waals surface area contributed by atoms with Crippen LogP contribution < -0.4 is 5.32 Å². The quantitative estimate of drug-likeness (QED) is 0.774. The Morgan fingerprint density at radius 1 is 1.38 bits per heavy atom. The van der Waals surface area contributed by atoms with E-state index in [1.165, 1.54) is 33.5 Å². The molecule has 0 radical (unpaired) electrons. The van der Waals surface area contributed by atoms with Crippen molar-refractivity contribution in [1.82, 2.24) is 9.97 Å². The Balaban J connectivity index is 1.72. The molecule has 0 aliphatic heterocycles. The fourth-order valence-electron chi connectivity index (χ4n) is 2.99. The number of rotatable bonds is 3. The predicted octanol–water partition coefficient (Wildman–Crippen LogP) is 4.49. The summed E-state index contributed by atoms with van der Waals surface area (Å²) in [7, 11) is 0. The molecule has 0 amide bonds. The van der Waals surface area contributed by atoms with Crippen molar-refractivity contribution in [3.8, 4) is 0 Å². The Labute approximate surface area is 132 Å². The van der Waals surface area contributed by atoms with Gasteiger partial charge in [-0.1, -0.05) is 13.0 Å². The summed E-state index contributed by atoms with van der Waals surface area (Å²) in [5.74, 6) is 1.79.